The zero-order valence-electron chi connectivity index (χ0n) is 11.3. The number of carboxylic acids is 1. The molecule has 0 unspecified atom stereocenters. The van der Waals surface area contributed by atoms with Gasteiger partial charge in [0.2, 0.25) is 11.8 Å². The lowest BCUT2D eigenvalue weighted by Gasteiger charge is -2.01. The molecule has 0 bridgehead atoms. The number of carbonyl (C=O) groups is 4. The van der Waals surface area contributed by atoms with Crippen LogP contribution in [0, 0.1) is 0 Å². The first kappa shape index (κ1) is 18.6. The van der Waals surface area contributed by atoms with Crippen LogP contribution in [-0.4, -0.2) is 34.6 Å². The molecule has 0 heterocycles. The van der Waals surface area contributed by atoms with Gasteiger partial charge in [-0.3, -0.25) is 19.2 Å². The third kappa shape index (κ3) is 9.17. The van der Waals surface area contributed by atoms with Crippen molar-refractivity contribution in [3.63, 3.8) is 0 Å². The smallest absolute Gasteiger partial charge is 0.310 e. The lowest BCUT2D eigenvalue weighted by molar-refractivity contribution is -0.139. The number of alkyl halides is 1. The van der Waals surface area contributed by atoms with E-state index in [0.717, 1.165) is 0 Å². The second-order valence-corrected chi connectivity index (χ2v) is 4.13. The summed E-state index contributed by atoms with van der Waals surface area (Å²) in [6.45, 7) is 1.42. The predicted molar refractivity (Wildman–Crippen MR) is 77.2 cm³/mol. The molecule has 0 fully saturated rings. The zero-order valence-corrected chi connectivity index (χ0v) is 12.0. The summed E-state index contributed by atoms with van der Waals surface area (Å²) in [6.07, 6.45) is -0.469. The summed E-state index contributed by atoms with van der Waals surface area (Å²) in [5, 5.41) is 10.5. The molecule has 1 rings (SSSR count). The normalized spacial score (nSPS) is 9.05. The monoisotopic (exact) mass is 314 g/mol. The van der Waals surface area contributed by atoms with Crippen molar-refractivity contribution in [1.82, 2.24) is 0 Å². The number of nitrogens with one attached hydrogen (secondary N) is 1. The molecule has 0 radical (unpaired) electrons. The number of carbonyl (C=O) groups excluding carboxylic acids is 3. The van der Waals surface area contributed by atoms with Crippen LogP contribution < -0.4 is 11.1 Å². The quantitative estimate of drug-likeness (QED) is 0.552. The summed E-state index contributed by atoms with van der Waals surface area (Å²) < 4.78 is 0. The summed E-state index contributed by atoms with van der Waals surface area (Å²) in [5.41, 5.74) is 6.11. The lowest BCUT2D eigenvalue weighted by Crippen LogP contribution is -2.11. The first-order valence-corrected chi connectivity index (χ1v) is 6.26. The topological polar surface area (TPSA) is 127 Å². The summed E-state index contributed by atoms with van der Waals surface area (Å²) in [5.74, 6) is -2.43. The van der Waals surface area contributed by atoms with Gasteiger partial charge in [0, 0.05) is 18.2 Å². The van der Waals surface area contributed by atoms with Gasteiger partial charge in [-0.15, -0.1) is 11.6 Å². The fourth-order valence-corrected chi connectivity index (χ4v) is 1.23. The zero-order chi connectivity index (χ0) is 16.4. The Hall–Kier alpha value is -2.41. The predicted octanol–water partition coefficient (Wildman–Crippen LogP) is 1.01. The molecule has 2 amide bonds. The number of nitrogens with two attached hydrogens (primary N) is 1. The average molecular weight is 315 g/mol. The molecule has 0 aromatic heterocycles. The largest absolute Gasteiger partial charge is 0.481 e. The molecule has 7 nitrogen and oxygen atoms in total. The van der Waals surface area contributed by atoms with E-state index in [4.69, 9.17) is 22.4 Å². The maximum absolute atomic E-state index is 10.7. The number of primary amides is 1. The Balaban J connectivity index is 0.000000433. The first-order chi connectivity index (χ1) is 9.76. The Bertz CT molecular complexity index is 528. The molecule has 0 spiro atoms. The fourth-order valence-electron chi connectivity index (χ4n) is 1.14. The van der Waals surface area contributed by atoms with E-state index < -0.39 is 24.1 Å². The molecule has 0 aliphatic carbocycles. The number of amides is 2. The van der Waals surface area contributed by atoms with E-state index >= 15 is 0 Å². The van der Waals surface area contributed by atoms with Crippen molar-refractivity contribution >= 4 is 40.9 Å². The summed E-state index contributed by atoms with van der Waals surface area (Å²) in [4.78, 5) is 41.1. The number of ketones is 1. The van der Waals surface area contributed by atoms with E-state index in [0.29, 0.717) is 11.3 Å². The molecule has 1 aromatic carbocycles. The van der Waals surface area contributed by atoms with Crippen LogP contribution in [0.4, 0.5) is 5.69 Å². The van der Waals surface area contributed by atoms with Crippen molar-refractivity contribution in [1.29, 1.82) is 0 Å². The van der Waals surface area contributed by atoms with Crippen molar-refractivity contribution in [2.45, 2.75) is 13.3 Å². The van der Waals surface area contributed by atoms with Crippen LogP contribution in [0.5, 0.6) is 0 Å². The molecule has 0 saturated heterocycles. The maximum Gasteiger partial charge on any atom is 0.310 e. The number of carboxylic acid groups (broad SMARTS) is 1. The van der Waals surface area contributed by atoms with Crippen LogP contribution in [0.15, 0.2) is 24.3 Å². The van der Waals surface area contributed by atoms with Crippen LogP contribution in [0.3, 0.4) is 0 Å². The van der Waals surface area contributed by atoms with Gasteiger partial charge in [0.15, 0.2) is 5.78 Å². The van der Waals surface area contributed by atoms with Gasteiger partial charge in [-0.25, -0.2) is 0 Å². The van der Waals surface area contributed by atoms with Crippen LogP contribution in [0.25, 0.3) is 0 Å². The molecule has 0 atom stereocenters. The highest BCUT2D eigenvalue weighted by atomic mass is 35.5. The van der Waals surface area contributed by atoms with Gasteiger partial charge in [-0.1, -0.05) is 0 Å². The van der Waals surface area contributed by atoms with Crippen molar-refractivity contribution in [3.05, 3.63) is 29.8 Å². The highest BCUT2D eigenvalue weighted by Gasteiger charge is 2.04. The molecule has 1 aromatic rings. The second kappa shape index (κ2) is 9.49. The Morgan fingerprint density at radius 3 is 2.00 bits per heavy atom. The van der Waals surface area contributed by atoms with Crippen molar-refractivity contribution in [3.8, 4) is 0 Å². The Morgan fingerprint density at radius 1 is 1.19 bits per heavy atom. The molecule has 21 heavy (non-hydrogen) atoms. The number of hydrogen-bond donors (Lipinski definition) is 3. The Labute approximate surface area is 126 Å². The highest BCUT2D eigenvalue weighted by molar-refractivity contribution is 6.28. The molecule has 114 valence electrons. The summed E-state index contributed by atoms with van der Waals surface area (Å²) in [7, 11) is 0. The summed E-state index contributed by atoms with van der Waals surface area (Å²) >= 11 is 4.98. The van der Waals surface area contributed by atoms with Gasteiger partial charge in [-0.05, 0) is 24.3 Å². The van der Waals surface area contributed by atoms with Gasteiger partial charge in [0.25, 0.3) is 0 Å². The minimum absolute atomic E-state index is 0.146. The molecular formula is C13H15ClN2O5. The van der Waals surface area contributed by atoms with E-state index in [-0.39, 0.29) is 11.8 Å². The number of hydrogen-bond acceptors (Lipinski definition) is 4. The van der Waals surface area contributed by atoms with Gasteiger partial charge in [0.05, 0.1) is 5.88 Å². The Kier molecular flexibility index (Phi) is 8.40. The maximum atomic E-state index is 10.7. The lowest BCUT2D eigenvalue weighted by atomic mass is 10.2. The van der Waals surface area contributed by atoms with E-state index in [2.05, 4.69) is 5.32 Å². The highest BCUT2D eigenvalue weighted by Crippen LogP contribution is 2.08. The third-order valence-corrected chi connectivity index (χ3v) is 2.29. The second-order valence-electron chi connectivity index (χ2n) is 3.87. The Morgan fingerprint density at radius 2 is 1.71 bits per heavy atom. The number of Topliss-reactive ketones (excluding diaryl/α,β-unsaturated/α-hetero) is 1. The number of benzene rings is 1. The third-order valence-electron chi connectivity index (χ3n) is 1.99. The summed E-state index contributed by atoms with van der Waals surface area (Å²) in [6, 6.07) is 6.38. The van der Waals surface area contributed by atoms with E-state index in [1.165, 1.54) is 6.92 Å². The fraction of sp³-hybridized carbons (Fsp3) is 0.231. The molecular weight excluding hydrogens is 300 g/mol. The number of rotatable bonds is 5. The number of aliphatic carboxylic acids is 1. The van der Waals surface area contributed by atoms with E-state index in [9.17, 15) is 19.2 Å². The minimum atomic E-state index is -1.13. The standard InChI is InChI=1S/C9H10N2O2.C4H5ClO3/c1-6(12)11-8-4-2-7(3-5-8)9(10)13;5-2-3(6)1-4(7)8/h2-5H,1H3,(H2,10,13)(H,11,12);1-2H2,(H,7,8). The molecule has 4 N–H and O–H groups in total. The van der Waals surface area contributed by atoms with Crippen LogP contribution >= 0.6 is 11.6 Å². The molecule has 0 aliphatic heterocycles. The van der Waals surface area contributed by atoms with Gasteiger partial charge < -0.3 is 16.2 Å². The average Bonchev–Trinajstić information content (AvgIpc) is 2.38. The van der Waals surface area contributed by atoms with Gasteiger partial charge in [0.1, 0.15) is 6.42 Å². The molecule has 0 aliphatic rings. The van der Waals surface area contributed by atoms with E-state index in [1.54, 1.807) is 24.3 Å². The number of anilines is 1. The van der Waals surface area contributed by atoms with Crippen LogP contribution in [0.1, 0.15) is 23.7 Å². The van der Waals surface area contributed by atoms with E-state index in [1.807, 2.05) is 0 Å². The van der Waals surface area contributed by atoms with Crippen molar-refractivity contribution in [2.24, 2.45) is 5.73 Å². The molecule has 8 heteroatoms. The van der Waals surface area contributed by atoms with Crippen molar-refractivity contribution < 1.29 is 24.3 Å². The van der Waals surface area contributed by atoms with Crippen molar-refractivity contribution in [2.75, 3.05) is 11.2 Å². The first-order valence-electron chi connectivity index (χ1n) is 5.73. The molecule has 0 saturated carbocycles. The SMILES string of the molecule is CC(=O)Nc1ccc(C(N)=O)cc1.O=C(O)CC(=O)CCl. The van der Waals surface area contributed by atoms with Crippen LogP contribution in [0.2, 0.25) is 0 Å². The van der Waals surface area contributed by atoms with Gasteiger partial charge in [-0.2, -0.15) is 0 Å². The van der Waals surface area contributed by atoms with Gasteiger partial charge >= 0.3 is 5.97 Å². The van der Waals surface area contributed by atoms with Crippen LogP contribution in [-0.2, 0) is 14.4 Å². The number of halogens is 1. The minimum Gasteiger partial charge on any atom is -0.481 e.